The number of quaternary nitrogens is 2. The third kappa shape index (κ3) is 31.8. The Bertz CT molecular complexity index is 696. The molecule has 0 saturated heterocycles. The maximum absolute atomic E-state index is 13.5. The van der Waals surface area contributed by atoms with Crippen LogP contribution in [0.3, 0.4) is 0 Å². The molecule has 4 nitrogen and oxygen atoms in total. The number of Topliss-reactive ketones (excluding diaryl/α,β-unsaturated/α-hetero) is 2. The van der Waals surface area contributed by atoms with Crippen molar-refractivity contribution >= 4 is 11.6 Å². The summed E-state index contributed by atoms with van der Waals surface area (Å²) < 4.78 is 1.74. The van der Waals surface area contributed by atoms with Gasteiger partial charge in [-0.1, -0.05) is 168 Å². The highest BCUT2D eigenvalue weighted by Gasteiger charge is 2.30. The fourth-order valence-corrected chi connectivity index (χ4v) is 6.78. The van der Waals surface area contributed by atoms with Crippen molar-refractivity contribution in [1.82, 2.24) is 0 Å². The predicted molar refractivity (Wildman–Crippen MR) is 203 cm³/mol. The lowest BCUT2D eigenvalue weighted by molar-refractivity contribution is -0.938. The zero-order valence-electron chi connectivity index (χ0n) is 32.9. The van der Waals surface area contributed by atoms with E-state index in [2.05, 4.69) is 49.1 Å². The van der Waals surface area contributed by atoms with Crippen LogP contribution < -0.4 is 0 Å². The summed E-state index contributed by atoms with van der Waals surface area (Å²) in [5.74, 6) is 0.547. The summed E-state index contributed by atoms with van der Waals surface area (Å²) in [6.45, 7) is 7.46. The fraction of sp³-hybridized carbons (Fsp3) is 0.952. The van der Waals surface area contributed by atoms with Crippen LogP contribution in [0.15, 0.2) is 0 Å². The highest BCUT2D eigenvalue weighted by molar-refractivity contribution is 5.88. The molecule has 274 valence electrons. The lowest BCUT2D eigenvalue weighted by Crippen LogP contribution is -2.52. The van der Waals surface area contributed by atoms with Crippen LogP contribution in [-0.4, -0.2) is 75.4 Å². The van der Waals surface area contributed by atoms with Crippen LogP contribution in [0.4, 0.5) is 0 Å². The molecule has 0 fully saturated rings. The second-order valence-electron chi connectivity index (χ2n) is 16.7. The van der Waals surface area contributed by atoms with Crippen molar-refractivity contribution in [3.05, 3.63) is 0 Å². The Morgan fingerprint density at radius 3 is 1.11 bits per heavy atom. The first-order chi connectivity index (χ1) is 22.0. The maximum Gasteiger partial charge on any atom is 0.142 e. The average molecular weight is 651 g/mol. The van der Waals surface area contributed by atoms with Crippen molar-refractivity contribution < 1.29 is 18.6 Å². The van der Waals surface area contributed by atoms with Crippen LogP contribution in [0.1, 0.15) is 200 Å². The van der Waals surface area contributed by atoms with E-state index in [4.69, 9.17) is 0 Å². The molecule has 0 amide bonds. The number of ketones is 2. The van der Waals surface area contributed by atoms with Crippen molar-refractivity contribution in [2.75, 3.05) is 54.9 Å². The van der Waals surface area contributed by atoms with E-state index in [0.717, 1.165) is 54.3 Å². The smallest absolute Gasteiger partial charge is 0.142 e. The molecule has 0 aliphatic heterocycles. The Kier molecular flexibility index (Phi) is 29.8. The molecule has 4 heteroatoms. The molecule has 0 rings (SSSR count). The largest absolute Gasteiger partial charge is 0.326 e. The molecule has 0 radical (unpaired) electrons. The van der Waals surface area contributed by atoms with Crippen molar-refractivity contribution in [2.45, 2.75) is 200 Å². The summed E-state index contributed by atoms with van der Waals surface area (Å²) in [5, 5.41) is 0. The summed E-state index contributed by atoms with van der Waals surface area (Å²) in [6, 6.07) is 0. The topological polar surface area (TPSA) is 34.1 Å². The minimum atomic E-state index is -0.116. The normalized spacial score (nSPS) is 12.9. The molecule has 0 aliphatic rings. The van der Waals surface area contributed by atoms with E-state index in [1.807, 2.05) is 0 Å². The Labute approximate surface area is 290 Å². The van der Waals surface area contributed by atoms with Gasteiger partial charge in [0.2, 0.25) is 0 Å². The van der Waals surface area contributed by atoms with Crippen molar-refractivity contribution in [3.8, 4) is 0 Å². The molecule has 0 aromatic heterocycles. The molecule has 0 aliphatic carbocycles. The number of unbranched alkanes of at least 4 members (excludes halogenated alkanes) is 24. The predicted octanol–water partition coefficient (Wildman–Crippen LogP) is 11.9. The van der Waals surface area contributed by atoms with Gasteiger partial charge in [-0.05, 0) is 12.8 Å². The van der Waals surface area contributed by atoms with E-state index < -0.39 is 0 Å². The van der Waals surface area contributed by atoms with Crippen LogP contribution in [-0.2, 0) is 9.59 Å². The zero-order valence-corrected chi connectivity index (χ0v) is 32.9. The molecule has 0 N–H and O–H groups in total. The summed E-state index contributed by atoms with van der Waals surface area (Å²) in [5.41, 5.74) is 0. The Morgan fingerprint density at radius 2 is 0.761 bits per heavy atom. The van der Waals surface area contributed by atoms with E-state index in [0.29, 0.717) is 30.8 Å². The maximum atomic E-state index is 13.5. The van der Waals surface area contributed by atoms with Crippen molar-refractivity contribution in [2.24, 2.45) is 5.92 Å². The number of likely N-dealkylation sites (N-methyl/N-ethyl adjacent to an activating group) is 2. The van der Waals surface area contributed by atoms with E-state index in [9.17, 15) is 9.59 Å². The van der Waals surface area contributed by atoms with Gasteiger partial charge < -0.3 is 8.97 Å². The highest BCUT2D eigenvalue weighted by Crippen LogP contribution is 2.20. The van der Waals surface area contributed by atoms with Crippen LogP contribution in [0.25, 0.3) is 0 Å². The minimum absolute atomic E-state index is 0.116. The first-order valence-corrected chi connectivity index (χ1v) is 20.7. The van der Waals surface area contributed by atoms with Crippen LogP contribution in [0.5, 0.6) is 0 Å². The fourth-order valence-electron chi connectivity index (χ4n) is 6.78. The second-order valence-corrected chi connectivity index (χ2v) is 16.7. The average Bonchev–Trinajstić information content (AvgIpc) is 3.00. The quantitative estimate of drug-likeness (QED) is 0.0499. The van der Waals surface area contributed by atoms with Crippen LogP contribution in [0.2, 0.25) is 0 Å². The highest BCUT2D eigenvalue weighted by atomic mass is 16.1. The molecular weight excluding hydrogens is 564 g/mol. The molecule has 0 saturated carbocycles. The monoisotopic (exact) mass is 651 g/mol. The third-order valence-corrected chi connectivity index (χ3v) is 10.1. The van der Waals surface area contributed by atoms with Crippen molar-refractivity contribution in [3.63, 3.8) is 0 Å². The van der Waals surface area contributed by atoms with Crippen LogP contribution >= 0.6 is 0 Å². The Balaban J connectivity index is 4.36. The number of hydrogen-bond acceptors (Lipinski definition) is 2. The van der Waals surface area contributed by atoms with Gasteiger partial charge in [-0.3, -0.25) is 9.59 Å². The van der Waals surface area contributed by atoms with Gasteiger partial charge in [0.1, 0.15) is 24.7 Å². The van der Waals surface area contributed by atoms with E-state index in [1.165, 1.54) is 141 Å². The summed E-state index contributed by atoms with van der Waals surface area (Å²) in [6.07, 6.45) is 36.2. The number of carbonyl (C=O) groups is 2. The molecular formula is C42H86N2O2+2. The summed E-state index contributed by atoms with van der Waals surface area (Å²) in [7, 11) is 11.2. The molecule has 0 spiro atoms. The SMILES string of the molecule is CCCCCCCCCCCCCCCC(=O)C[C@H](C[N+](C)(C)CC[N+](C)(C)C)C(=O)CCCCCCCCCCCCCCC. The summed E-state index contributed by atoms with van der Waals surface area (Å²) >= 11 is 0. The van der Waals surface area contributed by atoms with E-state index in [1.54, 1.807) is 0 Å². The standard InChI is InChI=1S/C42H86N2O2/c1-8-10-12-14-16-18-20-22-24-26-28-30-32-34-41(45)38-40(39-44(6,7)37-36-43(3,4)5)42(46)35-33-31-29-27-25-23-21-19-17-15-13-11-9-2/h40H,8-39H2,1-7H3/q+2/t40-/m1/s1. The molecule has 1 atom stereocenters. The van der Waals surface area contributed by atoms with E-state index >= 15 is 0 Å². The lowest BCUT2D eigenvalue weighted by Gasteiger charge is -2.35. The van der Waals surface area contributed by atoms with Gasteiger partial charge in [-0.25, -0.2) is 0 Å². The molecule has 0 bridgehead atoms. The third-order valence-electron chi connectivity index (χ3n) is 10.1. The summed E-state index contributed by atoms with van der Waals surface area (Å²) in [4.78, 5) is 26.6. The molecule has 46 heavy (non-hydrogen) atoms. The van der Waals surface area contributed by atoms with E-state index in [-0.39, 0.29) is 5.92 Å². The minimum Gasteiger partial charge on any atom is -0.326 e. The van der Waals surface area contributed by atoms with Gasteiger partial charge in [0.25, 0.3) is 0 Å². The molecule has 0 aromatic rings. The number of nitrogens with zero attached hydrogens (tertiary/aromatic N) is 2. The van der Waals surface area contributed by atoms with Crippen LogP contribution in [0, 0.1) is 5.92 Å². The Morgan fingerprint density at radius 1 is 0.435 bits per heavy atom. The van der Waals surface area contributed by atoms with Gasteiger partial charge in [-0.2, -0.15) is 0 Å². The first-order valence-electron chi connectivity index (χ1n) is 20.7. The number of carbonyl (C=O) groups excluding carboxylic acids is 2. The zero-order chi connectivity index (χ0) is 34.4. The lowest BCUT2D eigenvalue weighted by atomic mass is 9.91. The number of rotatable bonds is 36. The van der Waals surface area contributed by atoms with Gasteiger partial charge in [0.15, 0.2) is 0 Å². The first kappa shape index (κ1) is 45.3. The number of hydrogen-bond donors (Lipinski definition) is 0. The molecule has 0 unspecified atom stereocenters. The van der Waals surface area contributed by atoms with Gasteiger partial charge >= 0.3 is 0 Å². The van der Waals surface area contributed by atoms with Gasteiger partial charge in [0.05, 0.1) is 47.7 Å². The second kappa shape index (κ2) is 30.3. The van der Waals surface area contributed by atoms with Crippen molar-refractivity contribution in [1.29, 1.82) is 0 Å². The molecule has 0 heterocycles. The van der Waals surface area contributed by atoms with Gasteiger partial charge in [0, 0.05) is 19.3 Å². The molecule has 0 aromatic carbocycles. The van der Waals surface area contributed by atoms with Gasteiger partial charge in [-0.15, -0.1) is 0 Å². The Hall–Kier alpha value is -0.740.